The lowest BCUT2D eigenvalue weighted by Crippen LogP contribution is -2.03. The second-order valence-corrected chi connectivity index (χ2v) is 8.62. The molecule has 2 aromatic carbocycles. The van der Waals surface area contributed by atoms with E-state index < -0.39 is 9.84 Å². The summed E-state index contributed by atoms with van der Waals surface area (Å²) >= 11 is 7.22. The molecule has 0 unspecified atom stereocenters. The number of hydrogen-bond acceptors (Lipinski definition) is 4. The Morgan fingerprint density at radius 3 is 2.32 bits per heavy atom. The van der Waals surface area contributed by atoms with Crippen molar-refractivity contribution in [2.24, 2.45) is 0 Å². The first-order valence-corrected chi connectivity index (χ1v) is 9.96. The lowest BCUT2D eigenvalue weighted by molar-refractivity contribution is 0.603. The van der Waals surface area contributed by atoms with E-state index in [2.05, 4.69) is 0 Å². The van der Waals surface area contributed by atoms with Crippen LogP contribution in [0.4, 0.5) is 0 Å². The SMILES string of the molecule is N#C/C(=C\c1ccc(-c2ccccc2)s1)S(=O)(=O)c1ccc(Cl)cc1. The molecule has 25 heavy (non-hydrogen) atoms. The van der Waals surface area contributed by atoms with Crippen LogP contribution in [0.3, 0.4) is 0 Å². The summed E-state index contributed by atoms with van der Waals surface area (Å²) in [7, 11) is -3.87. The van der Waals surface area contributed by atoms with Gasteiger partial charge in [0.05, 0.1) is 4.90 Å². The van der Waals surface area contributed by atoms with Crippen LogP contribution in [-0.2, 0) is 9.84 Å². The molecule has 3 rings (SSSR count). The molecule has 0 aliphatic rings. The molecular formula is C19H12ClNO2S2. The summed E-state index contributed by atoms with van der Waals surface area (Å²) in [6.07, 6.45) is 1.40. The predicted octanol–water partition coefficient (Wildman–Crippen LogP) is 5.41. The number of rotatable bonds is 4. The summed E-state index contributed by atoms with van der Waals surface area (Å²) < 4.78 is 25.3. The van der Waals surface area contributed by atoms with Gasteiger partial charge < -0.3 is 0 Å². The second-order valence-electron chi connectivity index (χ2n) is 5.15. The molecule has 0 aliphatic carbocycles. The number of nitriles is 1. The quantitative estimate of drug-likeness (QED) is 0.564. The van der Waals surface area contributed by atoms with Crippen LogP contribution in [0.1, 0.15) is 4.88 Å². The molecule has 1 aromatic heterocycles. The van der Waals surface area contributed by atoms with E-state index in [9.17, 15) is 13.7 Å². The summed E-state index contributed by atoms with van der Waals surface area (Å²) in [5.74, 6) is 0. The molecule has 0 N–H and O–H groups in total. The number of thiophene rings is 1. The van der Waals surface area contributed by atoms with Gasteiger partial charge in [-0.1, -0.05) is 41.9 Å². The van der Waals surface area contributed by atoms with Gasteiger partial charge in [0.1, 0.15) is 6.07 Å². The van der Waals surface area contributed by atoms with Gasteiger partial charge in [-0.25, -0.2) is 8.42 Å². The van der Waals surface area contributed by atoms with Crippen LogP contribution in [-0.4, -0.2) is 8.42 Å². The molecule has 0 atom stereocenters. The smallest absolute Gasteiger partial charge is 0.216 e. The van der Waals surface area contributed by atoms with Crippen LogP contribution < -0.4 is 0 Å². The van der Waals surface area contributed by atoms with Crippen molar-refractivity contribution >= 4 is 38.9 Å². The van der Waals surface area contributed by atoms with Crippen LogP contribution in [0.5, 0.6) is 0 Å². The lowest BCUT2D eigenvalue weighted by Gasteiger charge is -2.02. The number of nitrogens with zero attached hydrogens (tertiary/aromatic N) is 1. The van der Waals surface area contributed by atoms with E-state index in [1.165, 1.54) is 41.7 Å². The van der Waals surface area contributed by atoms with Gasteiger partial charge in [0, 0.05) is 14.8 Å². The number of halogens is 1. The Labute approximate surface area is 155 Å². The van der Waals surface area contributed by atoms with Crippen LogP contribution in [0.15, 0.2) is 76.5 Å². The van der Waals surface area contributed by atoms with Gasteiger partial charge in [-0.05, 0) is 48.0 Å². The molecule has 0 bridgehead atoms. The Hall–Kier alpha value is -2.39. The number of hydrogen-bond donors (Lipinski definition) is 0. The monoisotopic (exact) mass is 385 g/mol. The maximum atomic E-state index is 12.6. The Balaban J connectivity index is 1.97. The molecule has 0 amide bonds. The van der Waals surface area contributed by atoms with E-state index in [0.29, 0.717) is 9.90 Å². The van der Waals surface area contributed by atoms with Crippen molar-refractivity contribution in [1.82, 2.24) is 0 Å². The highest BCUT2D eigenvalue weighted by atomic mass is 35.5. The molecule has 0 saturated heterocycles. The fourth-order valence-electron chi connectivity index (χ4n) is 2.23. The van der Waals surface area contributed by atoms with Crippen LogP contribution in [0.2, 0.25) is 5.02 Å². The fraction of sp³-hybridized carbons (Fsp3) is 0. The average molecular weight is 386 g/mol. The highest BCUT2D eigenvalue weighted by Crippen LogP contribution is 2.30. The molecule has 3 aromatic rings. The highest BCUT2D eigenvalue weighted by molar-refractivity contribution is 7.95. The molecule has 0 saturated carbocycles. The standard InChI is InChI=1S/C19H12ClNO2S2/c20-15-6-9-17(10-7-15)25(22,23)18(13-21)12-16-8-11-19(24-16)14-4-2-1-3-5-14/h1-12H/b18-12+. The molecule has 0 spiro atoms. The second kappa shape index (κ2) is 7.24. The van der Waals surface area contributed by atoms with E-state index in [4.69, 9.17) is 11.6 Å². The van der Waals surface area contributed by atoms with Crippen molar-refractivity contribution in [2.45, 2.75) is 4.90 Å². The fourth-order valence-corrected chi connectivity index (χ4v) is 4.54. The van der Waals surface area contributed by atoms with Crippen LogP contribution >= 0.6 is 22.9 Å². The van der Waals surface area contributed by atoms with Crippen molar-refractivity contribution < 1.29 is 8.42 Å². The maximum Gasteiger partial charge on any atom is 0.216 e. The first kappa shape index (κ1) is 17.4. The van der Waals surface area contributed by atoms with E-state index >= 15 is 0 Å². The van der Waals surface area contributed by atoms with Crippen LogP contribution in [0.25, 0.3) is 16.5 Å². The minimum Gasteiger partial charge on any atom is -0.218 e. The number of benzene rings is 2. The van der Waals surface area contributed by atoms with Gasteiger partial charge in [-0.2, -0.15) is 5.26 Å². The first-order chi connectivity index (χ1) is 12.0. The molecule has 3 nitrogen and oxygen atoms in total. The van der Waals surface area contributed by atoms with Gasteiger partial charge in [-0.3, -0.25) is 0 Å². The Kier molecular flexibility index (Phi) is 5.05. The summed E-state index contributed by atoms with van der Waals surface area (Å²) in [4.78, 5) is 1.46. The minimum absolute atomic E-state index is 0.0459. The van der Waals surface area contributed by atoms with Crippen molar-refractivity contribution in [1.29, 1.82) is 5.26 Å². The first-order valence-electron chi connectivity index (χ1n) is 7.28. The average Bonchev–Trinajstić information content (AvgIpc) is 3.09. The highest BCUT2D eigenvalue weighted by Gasteiger charge is 2.21. The zero-order chi connectivity index (χ0) is 17.9. The van der Waals surface area contributed by atoms with Crippen molar-refractivity contribution in [3.8, 4) is 16.5 Å². The minimum atomic E-state index is -3.87. The van der Waals surface area contributed by atoms with Gasteiger partial charge in [0.15, 0.2) is 4.91 Å². The van der Waals surface area contributed by atoms with Crippen LogP contribution in [0, 0.1) is 11.3 Å². The molecule has 0 aliphatic heterocycles. The molecular weight excluding hydrogens is 374 g/mol. The van der Waals surface area contributed by atoms with Gasteiger partial charge in [-0.15, -0.1) is 11.3 Å². The Morgan fingerprint density at radius 1 is 1.00 bits per heavy atom. The summed E-state index contributed by atoms with van der Waals surface area (Å²) in [6, 6.07) is 21.1. The number of allylic oxidation sites excluding steroid dienone is 1. The largest absolute Gasteiger partial charge is 0.218 e. The third-order valence-corrected chi connectivity index (χ3v) is 6.50. The van der Waals surface area contributed by atoms with Crippen molar-refractivity contribution in [3.05, 3.63) is 81.5 Å². The third kappa shape index (κ3) is 3.83. The number of sulfone groups is 1. The van der Waals surface area contributed by atoms with Gasteiger partial charge >= 0.3 is 0 Å². The molecule has 0 fully saturated rings. The van der Waals surface area contributed by atoms with Crippen molar-refractivity contribution in [3.63, 3.8) is 0 Å². The maximum absolute atomic E-state index is 12.6. The Morgan fingerprint density at radius 2 is 1.68 bits per heavy atom. The summed E-state index contributed by atoms with van der Waals surface area (Å²) in [6.45, 7) is 0. The Bertz CT molecular complexity index is 1060. The summed E-state index contributed by atoms with van der Waals surface area (Å²) in [5, 5.41) is 9.78. The van der Waals surface area contributed by atoms with E-state index in [-0.39, 0.29) is 9.80 Å². The van der Waals surface area contributed by atoms with Crippen molar-refractivity contribution in [2.75, 3.05) is 0 Å². The molecule has 1 heterocycles. The normalized spacial score (nSPS) is 11.9. The van der Waals surface area contributed by atoms with E-state index in [1.54, 1.807) is 6.07 Å². The zero-order valence-electron chi connectivity index (χ0n) is 12.9. The predicted molar refractivity (Wildman–Crippen MR) is 102 cm³/mol. The summed E-state index contributed by atoms with van der Waals surface area (Å²) in [5.41, 5.74) is 1.05. The molecule has 124 valence electrons. The third-order valence-electron chi connectivity index (χ3n) is 3.48. The molecule has 6 heteroatoms. The lowest BCUT2D eigenvalue weighted by atomic mass is 10.2. The van der Waals surface area contributed by atoms with Gasteiger partial charge in [0.25, 0.3) is 0 Å². The van der Waals surface area contributed by atoms with E-state index in [1.807, 2.05) is 42.5 Å². The zero-order valence-corrected chi connectivity index (χ0v) is 15.3. The van der Waals surface area contributed by atoms with Gasteiger partial charge in [0.2, 0.25) is 9.84 Å². The topological polar surface area (TPSA) is 57.9 Å². The van der Waals surface area contributed by atoms with E-state index in [0.717, 1.165) is 10.4 Å². The molecule has 0 radical (unpaired) electrons.